The quantitative estimate of drug-likeness (QED) is 0.896. The highest BCUT2D eigenvalue weighted by Crippen LogP contribution is 2.18. The van der Waals surface area contributed by atoms with Crippen molar-refractivity contribution in [1.29, 1.82) is 0 Å². The van der Waals surface area contributed by atoms with E-state index in [4.69, 9.17) is 0 Å². The van der Waals surface area contributed by atoms with Crippen molar-refractivity contribution in [3.63, 3.8) is 0 Å². The molecule has 5 heteroatoms. The van der Waals surface area contributed by atoms with Crippen molar-refractivity contribution in [1.82, 2.24) is 14.8 Å². The Morgan fingerprint density at radius 2 is 2.11 bits per heavy atom. The Bertz CT molecular complexity index is 530. The summed E-state index contributed by atoms with van der Waals surface area (Å²) in [4.78, 5) is 6.37. The molecule has 0 amide bonds. The van der Waals surface area contributed by atoms with E-state index >= 15 is 0 Å². The van der Waals surface area contributed by atoms with Gasteiger partial charge in [-0.05, 0) is 32.0 Å². The molecule has 0 bridgehead atoms. The van der Waals surface area contributed by atoms with E-state index in [-0.39, 0.29) is 0 Å². The van der Waals surface area contributed by atoms with Crippen LogP contribution in [-0.4, -0.2) is 28.9 Å². The molecule has 0 atom stereocenters. The lowest BCUT2D eigenvalue weighted by Crippen LogP contribution is -2.12. The lowest BCUT2D eigenvalue weighted by Gasteiger charge is -2.15. The van der Waals surface area contributed by atoms with Crippen LogP contribution in [0.5, 0.6) is 0 Å². The van der Waals surface area contributed by atoms with Crippen molar-refractivity contribution in [2.45, 2.75) is 26.4 Å². The third-order valence-electron chi connectivity index (χ3n) is 2.95. The molecule has 1 aromatic heterocycles. The monoisotopic (exact) mass is 259 g/mol. The molecule has 1 N–H and O–H groups in total. The summed E-state index contributed by atoms with van der Waals surface area (Å²) < 4.78 is 1.93. The molecular formula is C14H21N5. The fourth-order valence-electron chi connectivity index (χ4n) is 1.91. The minimum atomic E-state index is 0.326. The number of hydrogen-bond donors (Lipinski definition) is 1. The third-order valence-corrected chi connectivity index (χ3v) is 2.95. The zero-order valence-corrected chi connectivity index (χ0v) is 12.0. The molecule has 2 aromatic rings. The summed E-state index contributed by atoms with van der Waals surface area (Å²) >= 11 is 0. The van der Waals surface area contributed by atoms with Gasteiger partial charge in [-0.1, -0.05) is 6.07 Å². The van der Waals surface area contributed by atoms with E-state index in [9.17, 15) is 0 Å². The fraction of sp³-hybridized carbons (Fsp3) is 0.429. The molecule has 0 aliphatic rings. The normalized spacial score (nSPS) is 10.8. The molecule has 0 spiro atoms. The molecule has 0 aliphatic heterocycles. The second-order valence-electron chi connectivity index (χ2n) is 5.01. The molecule has 0 saturated carbocycles. The summed E-state index contributed by atoms with van der Waals surface area (Å²) in [5.74, 6) is 0.949. The maximum atomic E-state index is 4.29. The first-order chi connectivity index (χ1) is 9.08. The van der Waals surface area contributed by atoms with E-state index in [1.807, 2.05) is 24.8 Å². The third kappa shape index (κ3) is 3.24. The largest absolute Gasteiger partial charge is 0.378 e. The zero-order chi connectivity index (χ0) is 13.8. The van der Waals surface area contributed by atoms with E-state index < -0.39 is 0 Å². The van der Waals surface area contributed by atoms with Crippen molar-refractivity contribution in [2.75, 3.05) is 24.3 Å². The summed E-state index contributed by atoms with van der Waals surface area (Å²) in [6.07, 6.45) is 1.60. The van der Waals surface area contributed by atoms with Crippen LogP contribution < -0.4 is 10.2 Å². The van der Waals surface area contributed by atoms with Gasteiger partial charge in [0.2, 0.25) is 0 Å². The maximum Gasteiger partial charge on any atom is 0.146 e. The van der Waals surface area contributed by atoms with Gasteiger partial charge in [0.15, 0.2) is 0 Å². The van der Waals surface area contributed by atoms with Crippen LogP contribution in [-0.2, 0) is 6.54 Å². The van der Waals surface area contributed by atoms with Crippen LogP contribution in [0.1, 0.15) is 25.7 Å². The van der Waals surface area contributed by atoms with Gasteiger partial charge in [-0.15, -0.1) is 0 Å². The van der Waals surface area contributed by atoms with Crippen LogP contribution in [0, 0.1) is 0 Å². The molecule has 5 nitrogen and oxygen atoms in total. The smallest absolute Gasteiger partial charge is 0.146 e. The van der Waals surface area contributed by atoms with Crippen LogP contribution in [0.3, 0.4) is 0 Å². The highest BCUT2D eigenvalue weighted by atomic mass is 15.4. The standard InChI is InChI=1S/C14H21N5/c1-11(2)19-14(16-10-17-19)9-15-12-6-5-7-13(8-12)18(3)4/h5-8,10-11,15H,9H2,1-4H3. The van der Waals surface area contributed by atoms with Crippen molar-refractivity contribution in [2.24, 2.45) is 0 Å². The van der Waals surface area contributed by atoms with E-state index in [0.717, 1.165) is 11.5 Å². The van der Waals surface area contributed by atoms with Crippen molar-refractivity contribution in [3.8, 4) is 0 Å². The van der Waals surface area contributed by atoms with Crippen molar-refractivity contribution in [3.05, 3.63) is 36.4 Å². The molecule has 0 fully saturated rings. The summed E-state index contributed by atoms with van der Waals surface area (Å²) in [5, 5.41) is 7.62. The van der Waals surface area contributed by atoms with Crippen LogP contribution in [0.25, 0.3) is 0 Å². The Balaban J connectivity index is 2.06. The number of rotatable bonds is 5. The van der Waals surface area contributed by atoms with Gasteiger partial charge in [0.1, 0.15) is 12.2 Å². The number of benzene rings is 1. The first-order valence-corrected chi connectivity index (χ1v) is 6.47. The first kappa shape index (κ1) is 13.4. The predicted octanol–water partition coefficient (Wildman–Crippen LogP) is 2.54. The zero-order valence-electron chi connectivity index (χ0n) is 12.0. The number of hydrogen-bond acceptors (Lipinski definition) is 4. The van der Waals surface area contributed by atoms with Gasteiger partial charge in [-0.3, -0.25) is 0 Å². The summed E-state index contributed by atoms with van der Waals surface area (Å²) in [6.45, 7) is 4.88. The number of aromatic nitrogens is 3. The van der Waals surface area contributed by atoms with Crippen LogP contribution in [0.2, 0.25) is 0 Å². The number of anilines is 2. The molecule has 0 radical (unpaired) electrons. The molecule has 102 valence electrons. The molecule has 1 aromatic carbocycles. The fourth-order valence-corrected chi connectivity index (χ4v) is 1.91. The van der Waals surface area contributed by atoms with Gasteiger partial charge in [0.05, 0.1) is 6.54 Å². The van der Waals surface area contributed by atoms with Gasteiger partial charge in [-0.2, -0.15) is 5.10 Å². The lowest BCUT2D eigenvalue weighted by molar-refractivity contribution is 0.509. The average molecular weight is 259 g/mol. The van der Waals surface area contributed by atoms with Gasteiger partial charge >= 0.3 is 0 Å². The lowest BCUT2D eigenvalue weighted by atomic mass is 10.2. The number of nitrogens with zero attached hydrogens (tertiary/aromatic N) is 4. The van der Waals surface area contributed by atoms with E-state index in [1.54, 1.807) is 6.33 Å². The second kappa shape index (κ2) is 5.73. The Hall–Kier alpha value is -2.04. The Morgan fingerprint density at radius 3 is 2.79 bits per heavy atom. The SMILES string of the molecule is CC(C)n1ncnc1CNc1cccc(N(C)C)c1. The molecule has 0 aliphatic carbocycles. The minimum Gasteiger partial charge on any atom is -0.378 e. The highest BCUT2D eigenvalue weighted by molar-refractivity contribution is 5.57. The van der Waals surface area contributed by atoms with Crippen LogP contribution in [0.15, 0.2) is 30.6 Å². The average Bonchev–Trinajstić information content (AvgIpc) is 2.85. The van der Waals surface area contributed by atoms with Gasteiger partial charge < -0.3 is 10.2 Å². The van der Waals surface area contributed by atoms with E-state index in [2.05, 4.69) is 52.3 Å². The van der Waals surface area contributed by atoms with Crippen molar-refractivity contribution >= 4 is 11.4 Å². The predicted molar refractivity (Wildman–Crippen MR) is 78.5 cm³/mol. The summed E-state index contributed by atoms with van der Waals surface area (Å²) in [6, 6.07) is 8.64. The topological polar surface area (TPSA) is 46.0 Å². The molecule has 19 heavy (non-hydrogen) atoms. The molecule has 1 heterocycles. The summed E-state index contributed by atoms with van der Waals surface area (Å²) in [5.41, 5.74) is 2.26. The van der Waals surface area contributed by atoms with Crippen LogP contribution in [0.4, 0.5) is 11.4 Å². The second-order valence-corrected chi connectivity index (χ2v) is 5.01. The maximum absolute atomic E-state index is 4.29. The Kier molecular flexibility index (Phi) is 4.04. The Morgan fingerprint density at radius 1 is 1.32 bits per heavy atom. The summed E-state index contributed by atoms with van der Waals surface area (Å²) in [7, 11) is 4.07. The molecule has 2 rings (SSSR count). The van der Waals surface area contributed by atoms with Crippen LogP contribution >= 0.6 is 0 Å². The van der Waals surface area contributed by atoms with E-state index in [0.29, 0.717) is 12.6 Å². The van der Waals surface area contributed by atoms with E-state index in [1.165, 1.54) is 5.69 Å². The molecular weight excluding hydrogens is 238 g/mol. The Labute approximate surface area is 114 Å². The highest BCUT2D eigenvalue weighted by Gasteiger charge is 2.07. The minimum absolute atomic E-state index is 0.326. The van der Waals surface area contributed by atoms with Gasteiger partial charge in [0, 0.05) is 31.5 Å². The van der Waals surface area contributed by atoms with Gasteiger partial charge in [0.25, 0.3) is 0 Å². The number of nitrogens with one attached hydrogen (secondary N) is 1. The molecule has 0 saturated heterocycles. The van der Waals surface area contributed by atoms with Crippen molar-refractivity contribution < 1.29 is 0 Å². The van der Waals surface area contributed by atoms with Gasteiger partial charge in [-0.25, -0.2) is 9.67 Å². The first-order valence-electron chi connectivity index (χ1n) is 6.47. The molecule has 0 unspecified atom stereocenters.